The molecule has 2 aliphatic rings. The Morgan fingerprint density at radius 2 is 1.65 bits per heavy atom. The number of carbonyl (C=O) groups is 3. The van der Waals surface area contributed by atoms with Crippen LogP contribution in [0.3, 0.4) is 0 Å². The van der Waals surface area contributed by atoms with Crippen molar-refractivity contribution in [2.45, 2.75) is 69.9 Å². The predicted octanol–water partition coefficient (Wildman–Crippen LogP) is 4.24. The number of aliphatic hydroxyl groups excluding tert-OH is 2. The van der Waals surface area contributed by atoms with Crippen LogP contribution in [0, 0.1) is 5.92 Å². The lowest BCUT2D eigenvalue weighted by Gasteiger charge is -2.42. The molecule has 1 aliphatic heterocycles. The van der Waals surface area contributed by atoms with Gasteiger partial charge >= 0.3 is 0 Å². The van der Waals surface area contributed by atoms with Gasteiger partial charge in [0.25, 0.3) is 5.91 Å². The SMILES string of the molecule is CC(C)(C)NC(=O)[C@@H]1CN(C(=O)c2ncc(-c3ccccc3)s2)CCN1C[C@@H](O)C[C@@H](Cc1ccccc1)C(=O)N[C@H]1c2ccccc2C[C@H]1O. The Balaban J connectivity index is 1.16. The number of aliphatic hydroxyl groups is 2. The van der Waals surface area contributed by atoms with E-state index >= 15 is 0 Å². The first-order valence-electron chi connectivity index (χ1n) is 17.6. The molecule has 6 rings (SSSR count). The van der Waals surface area contributed by atoms with Gasteiger partial charge in [-0.1, -0.05) is 84.9 Å². The highest BCUT2D eigenvalue weighted by molar-refractivity contribution is 7.16. The average Bonchev–Trinajstić information content (AvgIpc) is 3.73. The Morgan fingerprint density at radius 3 is 2.37 bits per heavy atom. The first kappa shape index (κ1) is 36.4. The van der Waals surface area contributed by atoms with Crippen LogP contribution in [0.25, 0.3) is 10.4 Å². The topological polar surface area (TPSA) is 135 Å². The number of benzene rings is 3. The fourth-order valence-electron chi connectivity index (χ4n) is 7.04. The minimum absolute atomic E-state index is 0.140. The number of nitrogens with zero attached hydrogens (tertiary/aromatic N) is 3. The summed E-state index contributed by atoms with van der Waals surface area (Å²) in [5.74, 6) is -1.29. The van der Waals surface area contributed by atoms with E-state index in [4.69, 9.17) is 0 Å². The lowest BCUT2D eigenvalue weighted by atomic mass is 9.91. The molecule has 5 atom stereocenters. The summed E-state index contributed by atoms with van der Waals surface area (Å²) in [5.41, 5.74) is 3.36. The second kappa shape index (κ2) is 15.9. The number of hydrogen-bond acceptors (Lipinski definition) is 8. The third-order valence-electron chi connectivity index (χ3n) is 9.53. The summed E-state index contributed by atoms with van der Waals surface area (Å²) in [6.45, 7) is 6.73. The fourth-order valence-corrected chi connectivity index (χ4v) is 7.93. The molecular weight excluding hydrogens is 663 g/mol. The number of nitrogens with one attached hydrogen (secondary N) is 2. The molecule has 1 saturated heterocycles. The number of fused-ring (bicyclic) bond motifs is 1. The van der Waals surface area contributed by atoms with Gasteiger partial charge in [-0.2, -0.15) is 0 Å². The van der Waals surface area contributed by atoms with Crippen molar-refractivity contribution in [2.75, 3.05) is 26.2 Å². The summed E-state index contributed by atoms with van der Waals surface area (Å²) in [4.78, 5) is 50.2. The Kier molecular flexibility index (Phi) is 11.3. The quantitative estimate of drug-likeness (QED) is 0.183. The molecule has 2 heterocycles. The van der Waals surface area contributed by atoms with Crippen LogP contribution < -0.4 is 10.6 Å². The van der Waals surface area contributed by atoms with Crippen LogP contribution in [-0.4, -0.2) is 92.7 Å². The average molecular weight is 710 g/mol. The van der Waals surface area contributed by atoms with Crippen LogP contribution in [0.1, 0.15) is 59.7 Å². The van der Waals surface area contributed by atoms with E-state index in [2.05, 4.69) is 15.6 Å². The summed E-state index contributed by atoms with van der Waals surface area (Å²) in [5, 5.41) is 28.9. The molecule has 4 N–H and O–H groups in total. The first-order valence-corrected chi connectivity index (χ1v) is 18.4. The van der Waals surface area contributed by atoms with Crippen molar-refractivity contribution in [1.29, 1.82) is 0 Å². The van der Waals surface area contributed by atoms with E-state index in [-0.39, 0.29) is 37.2 Å². The predicted molar refractivity (Wildman–Crippen MR) is 198 cm³/mol. The zero-order valence-corrected chi connectivity index (χ0v) is 30.2. The summed E-state index contributed by atoms with van der Waals surface area (Å²) in [6.07, 6.45) is 1.06. The van der Waals surface area contributed by atoms with Crippen LogP contribution in [-0.2, 0) is 22.4 Å². The molecule has 1 aromatic heterocycles. The maximum absolute atomic E-state index is 13.9. The van der Waals surface area contributed by atoms with Gasteiger partial charge in [0, 0.05) is 50.3 Å². The highest BCUT2D eigenvalue weighted by atomic mass is 32.1. The smallest absolute Gasteiger partial charge is 0.282 e. The van der Waals surface area contributed by atoms with E-state index in [9.17, 15) is 24.6 Å². The van der Waals surface area contributed by atoms with Gasteiger partial charge < -0.3 is 25.7 Å². The first-order chi connectivity index (χ1) is 24.4. The Bertz CT molecular complexity index is 1810. The van der Waals surface area contributed by atoms with Gasteiger partial charge in [0.2, 0.25) is 11.8 Å². The van der Waals surface area contributed by atoms with Crippen molar-refractivity contribution in [1.82, 2.24) is 25.4 Å². The molecule has 0 unspecified atom stereocenters. The molecule has 4 aromatic rings. The summed E-state index contributed by atoms with van der Waals surface area (Å²) in [6, 6.07) is 25.9. The lowest BCUT2D eigenvalue weighted by molar-refractivity contribution is -0.131. The lowest BCUT2D eigenvalue weighted by Crippen LogP contribution is -2.62. The number of rotatable bonds is 11. The molecule has 1 fully saturated rings. The second-order valence-electron chi connectivity index (χ2n) is 14.6. The van der Waals surface area contributed by atoms with Crippen molar-refractivity contribution < 1.29 is 24.6 Å². The monoisotopic (exact) mass is 709 g/mol. The summed E-state index contributed by atoms with van der Waals surface area (Å²) >= 11 is 1.33. The molecule has 51 heavy (non-hydrogen) atoms. The van der Waals surface area contributed by atoms with Crippen molar-refractivity contribution in [3.8, 4) is 10.4 Å². The number of hydrogen-bond donors (Lipinski definition) is 4. The second-order valence-corrected chi connectivity index (χ2v) is 15.7. The van der Waals surface area contributed by atoms with E-state index in [1.165, 1.54) is 11.3 Å². The highest BCUT2D eigenvalue weighted by Gasteiger charge is 2.39. The number of aromatic nitrogens is 1. The number of thiazole rings is 1. The van der Waals surface area contributed by atoms with Gasteiger partial charge in [0.1, 0.15) is 6.04 Å². The molecule has 3 aromatic carbocycles. The zero-order valence-electron chi connectivity index (χ0n) is 29.4. The maximum atomic E-state index is 13.9. The summed E-state index contributed by atoms with van der Waals surface area (Å²) < 4.78 is 0. The fraction of sp³-hybridized carbons (Fsp3) is 0.400. The Labute approximate surface area is 303 Å². The molecule has 0 bridgehead atoms. The number of piperazine rings is 1. The van der Waals surface area contributed by atoms with Crippen LogP contribution in [0.5, 0.6) is 0 Å². The Hall–Kier alpha value is -4.42. The van der Waals surface area contributed by atoms with Crippen molar-refractivity contribution in [3.63, 3.8) is 0 Å². The molecule has 0 radical (unpaired) electrons. The van der Waals surface area contributed by atoms with Gasteiger partial charge in [-0.15, -0.1) is 11.3 Å². The molecule has 3 amide bonds. The van der Waals surface area contributed by atoms with Gasteiger partial charge in [-0.3, -0.25) is 19.3 Å². The largest absolute Gasteiger partial charge is 0.392 e. The molecule has 1 aliphatic carbocycles. The number of amides is 3. The minimum atomic E-state index is -0.940. The van der Waals surface area contributed by atoms with Gasteiger partial charge in [-0.05, 0) is 55.9 Å². The minimum Gasteiger partial charge on any atom is -0.392 e. The molecule has 11 heteroatoms. The van der Waals surface area contributed by atoms with Crippen LogP contribution >= 0.6 is 11.3 Å². The highest BCUT2D eigenvalue weighted by Crippen LogP contribution is 2.32. The molecule has 0 spiro atoms. The number of carbonyl (C=O) groups excluding carboxylic acids is 3. The third kappa shape index (κ3) is 9.09. The summed E-state index contributed by atoms with van der Waals surface area (Å²) in [7, 11) is 0. The molecule has 10 nitrogen and oxygen atoms in total. The van der Waals surface area contributed by atoms with Crippen molar-refractivity contribution in [3.05, 3.63) is 113 Å². The van der Waals surface area contributed by atoms with Gasteiger partial charge in [0.05, 0.1) is 23.1 Å². The zero-order chi connectivity index (χ0) is 36.1. The van der Waals surface area contributed by atoms with Gasteiger partial charge in [0.15, 0.2) is 5.01 Å². The van der Waals surface area contributed by atoms with Crippen LogP contribution in [0.2, 0.25) is 0 Å². The van der Waals surface area contributed by atoms with E-state index in [1.54, 1.807) is 11.1 Å². The van der Waals surface area contributed by atoms with Crippen LogP contribution in [0.4, 0.5) is 0 Å². The Morgan fingerprint density at radius 1 is 0.961 bits per heavy atom. The van der Waals surface area contributed by atoms with E-state index in [1.807, 2.05) is 111 Å². The van der Waals surface area contributed by atoms with E-state index in [0.29, 0.717) is 30.9 Å². The van der Waals surface area contributed by atoms with Gasteiger partial charge in [-0.25, -0.2) is 4.98 Å². The standard InChI is InChI=1S/C40H47N5O5S/c1-40(2,3)43-37(49)32-25-45(39(50)38-41-23-34(51-38)27-14-8-5-9-15-27)19-18-44(32)24-30(46)21-29(20-26-12-6-4-7-13-26)36(48)42-35-31-17-11-10-16-28(31)22-33(35)47/h4-17,23,29-30,32-33,35,46-47H,18-22,24-25H2,1-3H3,(H,42,48)(H,43,49)/t29-,30+,32+,33-,35+/m1/s1. The normalized spacial score (nSPS) is 20.3. The number of β-amino-alcohol motifs (C(OH)–C–C–N with tert-alkyl or cyclic N) is 1. The van der Waals surface area contributed by atoms with Crippen molar-refractivity contribution in [2.24, 2.45) is 5.92 Å². The molecule has 0 saturated carbocycles. The van der Waals surface area contributed by atoms with Crippen molar-refractivity contribution >= 4 is 29.1 Å². The maximum Gasteiger partial charge on any atom is 0.282 e. The third-order valence-corrected chi connectivity index (χ3v) is 10.6. The van der Waals surface area contributed by atoms with Crippen LogP contribution in [0.15, 0.2) is 91.1 Å². The van der Waals surface area contributed by atoms with E-state index < -0.39 is 35.7 Å². The molecule has 268 valence electrons. The molecular formula is C40H47N5O5S. The van der Waals surface area contributed by atoms with E-state index in [0.717, 1.165) is 27.1 Å².